The van der Waals surface area contributed by atoms with E-state index in [-0.39, 0.29) is 25.8 Å². The Balaban J connectivity index is 1.75. The zero-order chi connectivity index (χ0) is 34.3. The number of carbonyl (C=O) groups is 6. The number of benzene rings is 2. The van der Waals surface area contributed by atoms with Gasteiger partial charge in [-0.05, 0) is 49.1 Å². The number of aromatic amines is 1. The summed E-state index contributed by atoms with van der Waals surface area (Å²) < 4.78 is 0. The van der Waals surface area contributed by atoms with Crippen LogP contribution >= 0.6 is 11.8 Å². The van der Waals surface area contributed by atoms with E-state index >= 15 is 0 Å². The van der Waals surface area contributed by atoms with E-state index < -0.39 is 66.1 Å². The largest absolute Gasteiger partial charge is 0.481 e. The number of thioether (sulfide) groups is 1. The molecule has 0 aliphatic rings. The van der Waals surface area contributed by atoms with Crippen molar-refractivity contribution >= 4 is 63.9 Å². The number of rotatable bonds is 18. The van der Waals surface area contributed by atoms with Crippen LogP contribution in [0.5, 0.6) is 0 Å². The number of hydrogen-bond donors (Lipinski definition) is 8. The summed E-state index contributed by atoms with van der Waals surface area (Å²) in [7, 11) is 0. The van der Waals surface area contributed by atoms with Crippen LogP contribution in [0.25, 0.3) is 10.9 Å². The number of aromatic nitrogens is 1. The molecular weight excluding hydrogens is 626 g/mol. The lowest BCUT2D eigenvalue weighted by molar-refractivity contribution is -0.141. The molecule has 0 bridgehead atoms. The first-order valence-corrected chi connectivity index (χ1v) is 16.4. The normalized spacial score (nSPS) is 13.4. The number of carbonyl (C=O) groups excluding carboxylic acids is 5. The molecule has 1 heterocycles. The lowest BCUT2D eigenvalue weighted by atomic mass is 10.0. The van der Waals surface area contributed by atoms with Gasteiger partial charge >= 0.3 is 5.97 Å². The van der Waals surface area contributed by atoms with Crippen LogP contribution in [-0.2, 0) is 35.2 Å². The number of fused-ring (bicyclic) bond motifs is 1. The Hall–Kier alpha value is -4.89. The van der Waals surface area contributed by atoms with Gasteiger partial charge in [-0.1, -0.05) is 36.4 Å². The number of carboxylic acids is 1. The van der Waals surface area contributed by atoms with Gasteiger partial charge in [-0.25, -0.2) is 0 Å². The first-order valence-electron chi connectivity index (χ1n) is 15.0. The maximum absolute atomic E-state index is 13.6. The number of hydrogen-bond acceptors (Lipinski definition) is 8. The molecular formula is C32H41N7O7S. The van der Waals surface area contributed by atoms with Crippen molar-refractivity contribution in [2.45, 2.75) is 56.8 Å². The molecule has 252 valence electrons. The van der Waals surface area contributed by atoms with Gasteiger partial charge in [0, 0.05) is 42.2 Å². The number of nitrogens with two attached hydrogens (primary N) is 1. The number of anilines is 1. The average Bonchev–Trinajstić information content (AvgIpc) is 3.45. The number of para-hydroxylation sites is 2. The third-order valence-electron chi connectivity index (χ3n) is 7.17. The molecule has 3 aromatic rings. The zero-order valence-electron chi connectivity index (χ0n) is 26.2. The van der Waals surface area contributed by atoms with Crippen molar-refractivity contribution in [3.05, 3.63) is 66.4 Å². The number of amides is 5. The van der Waals surface area contributed by atoms with E-state index in [1.54, 1.807) is 36.5 Å². The Kier molecular flexibility index (Phi) is 14.2. The molecule has 0 aliphatic heterocycles. The Morgan fingerprint density at radius 3 is 2.15 bits per heavy atom. The van der Waals surface area contributed by atoms with Crippen molar-refractivity contribution in [3.63, 3.8) is 0 Å². The second-order valence-corrected chi connectivity index (χ2v) is 11.8. The van der Waals surface area contributed by atoms with Gasteiger partial charge in [0.1, 0.15) is 24.2 Å². The summed E-state index contributed by atoms with van der Waals surface area (Å²) in [4.78, 5) is 80.1. The molecule has 5 amide bonds. The quantitative estimate of drug-likeness (QED) is 0.0963. The first kappa shape index (κ1) is 36.6. The minimum atomic E-state index is -1.55. The average molecular weight is 668 g/mol. The van der Waals surface area contributed by atoms with Crippen LogP contribution in [-0.4, -0.2) is 88.3 Å². The fourth-order valence-corrected chi connectivity index (χ4v) is 5.18. The van der Waals surface area contributed by atoms with Crippen LogP contribution < -0.4 is 32.3 Å². The van der Waals surface area contributed by atoms with Crippen LogP contribution in [0.15, 0.2) is 60.8 Å². The van der Waals surface area contributed by atoms with E-state index in [0.717, 1.165) is 16.5 Å². The topological polar surface area (TPSA) is 225 Å². The van der Waals surface area contributed by atoms with E-state index in [9.17, 15) is 33.9 Å². The molecule has 0 aliphatic carbocycles. The van der Waals surface area contributed by atoms with Crippen LogP contribution in [0.3, 0.4) is 0 Å². The maximum Gasteiger partial charge on any atom is 0.305 e. The Bertz CT molecular complexity index is 1550. The number of nitrogens with one attached hydrogen (secondary N) is 6. The molecule has 0 fully saturated rings. The highest BCUT2D eigenvalue weighted by atomic mass is 32.2. The van der Waals surface area contributed by atoms with Crippen molar-refractivity contribution in [2.75, 3.05) is 23.9 Å². The molecule has 0 radical (unpaired) electrons. The lowest BCUT2D eigenvalue weighted by Crippen LogP contribution is -2.58. The molecule has 47 heavy (non-hydrogen) atoms. The molecule has 9 N–H and O–H groups in total. The highest BCUT2D eigenvalue weighted by molar-refractivity contribution is 7.98. The minimum absolute atomic E-state index is 0.0121. The fourth-order valence-electron chi connectivity index (χ4n) is 4.71. The Morgan fingerprint density at radius 1 is 0.830 bits per heavy atom. The summed E-state index contributed by atoms with van der Waals surface area (Å²) in [5.41, 5.74) is 7.65. The summed E-state index contributed by atoms with van der Waals surface area (Å²) in [6.07, 6.45) is 3.02. The van der Waals surface area contributed by atoms with Crippen molar-refractivity contribution in [1.29, 1.82) is 0 Å². The molecule has 2 aromatic carbocycles. The van der Waals surface area contributed by atoms with Gasteiger partial charge in [-0.3, -0.25) is 28.8 Å². The number of aliphatic carboxylic acids is 1. The van der Waals surface area contributed by atoms with E-state index in [1.165, 1.54) is 18.7 Å². The van der Waals surface area contributed by atoms with E-state index in [0.29, 0.717) is 11.4 Å². The molecule has 0 spiro atoms. The summed E-state index contributed by atoms with van der Waals surface area (Å²) >= 11 is 1.42. The molecule has 3 rings (SSSR count). The summed E-state index contributed by atoms with van der Waals surface area (Å²) in [6, 6.07) is 11.2. The van der Waals surface area contributed by atoms with Gasteiger partial charge in [0.15, 0.2) is 0 Å². The minimum Gasteiger partial charge on any atom is -0.481 e. The fraction of sp³-hybridized carbons (Fsp3) is 0.375. The monoisotopic (exact) mass is 667 g/mol. The van der Waals surface area contributed by atoms with Crippen LogP contribution in [0.1, 0.15) is 31.7 Å². The van der Waals surface area contributed by atoms with Crippen LogP contribution in [0.4, 0.5) is 5.69 Å². The van der Waals surface area contributed by atoms with Crippen molar-refractivity contribution < 1.29 is 33.9 Å². The van der Waals surface area contributed by atoms with Gasteiger partial charge in [0.05, 0.1) is 6.42 Å². The van der Waals surface area contributed by atoms with Gasteiger partial charge in [0.2, 0.25) is 29.5 Å². The zero-order valence-corrected chi connectivity index (χ0v) is 27.0. The highest BCUT2D eigenvalue weighted by Gasteiger charge is 2.32. The summed E-state index contributed by atoms with van der Waals surface area (Å²) in [5, 5.41) is 23.2. The molecule has 15 heteroatoms. The summed E-state index contributed by atoms with van der Waals surface area (Å²) in [5.74, 6) is -4.25. The second kappa shape index (κ2) is 18.3. The maximum atomic E-state index is 13.6. The highest BCUT2D eigenvalue weighted by Crippen LogP contribution is 2.19. The van der Waals surface area contributed by atoms with E-state index in [4.69, 9.17) is 5.73 Å². The molecule has 14 nitrogen and oxygen atoms in total. The molecule has 0 saturated carbocycles. The SMILES string of the molecule is CSCC[C@H](NC(=O)[C@H](Cc1c[nH]c2ccccc12)NC(=O)CCN)C(=O)N[C@@H](CC(=O)O)C(=O)N[C@@H](C)C(=O)Nc1ccccc1. The van der Waals surface area contributed by atoms with E-state index in [2.05, 4.69) is 31.6 Å². The lowest BCUT2D eigenvalue weighted by Gasteiger charge is -2.25. The first-order chi connectivity index (χ1) is 22.5. The van der Waals surface area contributed by atoms with Crippen molar-refractivity contribution in [3.8, 4) is 0 Å². The van der Waals surface area contributed by atoms with Crippen LogP contribution in [0.2, 0.25) is 0 Å². The standard InChI is InChI=1S/C32H41N7O7S/c1-19(29(43)36-21-8-4-3-5-9-21)35-31(45)26(17-28(41)42)39-30(44)24(13-15-47-2)38-32(46)25(37-27(40)12-14-33)16-20-18-34-23-11-7-6-10-22(20)23/h3-11,18-19,24-26,34H,12-17,33H2,1-2H3,(H,35,45)(H,36,43)(H,37,40)(H,38,46)(H,39,44)(H,41,42)/t19-,24-,25-,26-/m0/s1. The van der Waals surface area contributed by atoms with Crippen LogP contribution in [0, 0.1) is 0 Å². The number of carboxylic acid groups (broad SMARTS) is 1. The van der Waals surface area contributed by atoms with E-state index in [1.807, 2.05) is 30.5 Å². The molecule has 1 aromatic heterocycles. The van der Waals surface area contributed by atoms with Gasteiger partial charge in [-0.2, -0.15) is 11.8 Å². The van der Waals surface area contributed by atoms with Gasteiger partial charge in [-0.15, -0.1) is 0 Å². The predicted octanol–water partition coefficient (Wildman–Crippen LogP) is 0.885. The van der Waals surface area contributed by atoms with Crippen molar-refractivity contribution in [2.24, 2.45) is 5.73 Å². The predicted molar refractivity (Wildman–Crippen MR) is 179 cm³/mol. The van der Waals surface area contributed by atoms with Gasteiger partial charge in [0.25, 0.3) is 0 Å². The third kappa shape index (κ3) is 11.4. The Morgan fingerprint density at radius 2 is 1.47 bits per heavy atom. The number of H-pyrrole nitrogens is 1. The van der Waals surface area contributed by atoms with Crippen molar-refractivity contribution in [1.82, 2.24) is 26.3 Å². The summed E-state index contributed by atoms with van der Waals surface area (Å²) in [6.45, 7) is 1.50. The second-order valence-electron chi connectivity index (χ2n) is 10.8. The smallest absolute Gasteiger partial charge is 0.305 e. The molecule has 0 saturated heterocycles. The molecule has 4 atom stereocenters. The Labute approximate surface area is 276 Å². The molecule has 0 unspecified atom stereocenters. The van der Waals surface area contributed by atoms with Gasteiger partial charge < -0.3 is 42.4 Å². The third-order valence-corrected chi connectivity index (χ3v) is 7.81.